The van der Waals surface area contributed by atoms with Crippen molar-refractivity contribution in [3.63, 3.8) is 0 Å². The number of methoxy groups -OCH3 is 1. The van der Waals surface area contributed by atoms with E-state index in [2.05, 4.69) is 20.1 Å². The highest BCUT2D eigenvalue weighted by Gasteiger charge is 2.36. The molecule has 2 atom stereocenters. The average molecular weight is 314 g/mol. The average Bonchev–Trinajstić information content (AvgIpc) is 2.88. The Morgan fingerprint density at radius 2 is 2.22 bits per heavy atom. The number of nitrogens with zero attached hydrogens (tertiary/aromatic N) is 4. The molecule has 5 nitrogen and oxygen atoms in total. The first-order valence-corrected chi connectivity index (χ1v) is 8.05. The molecular weight excluding hydrogens is 295 g/mol. The summed E-state index contributed by atoms with van der Waals surface area (Å²) in [7, 11) is 1.45. The predicted molar refractivity (Wildman–Crippen MR) is 84.9 cm³/mol. The predicted octanol–water partition coefficient (Wildman–Crippen LogP) is 3.07. The lowest BCUT2D eigenvalue weighted by Gasteiger charge is -2.24. The van der Waals surface area contributed by atoms with Crippen molar-refractivity contribution in [3.05, 3.63) is 30.2 Å². The largest absolute Gasteiger partial charge is 0.494 e. The van der Waals surface area contributed by atoms with E-state index in [0.29, 0.717) is 23.2 Å². The summed E-state index contributed by atoms with van der Waals surface area (Å²) in [6, 6.07) is 5.35. The van der Waals surface area contributed by atoms with Gasteiger partial charge in [-0.15, -0.1) is 5.10 Å². The van der Waals surface area contributed by atoms with Crippen LogP contribution in [-0.4, -0.2) is 34.9 Å². The molecule has 2 aliphatic rings. The fourth-order valence-electron chi connectivity index (χ4n) is 3.76. The number of hydrogen-bond donors (Lipinski definition) is 0. The summed E-state index contributed by atoms with van der Waals surface area (Å²) in [5, 5.41) is 8.29. The molecule has 0 radical (unpaired) electrons. The molecule has 0 N–H and O–H groups in total. The highest BCUT2D eigenvalue weighted by molar-refractivity contribution is 5.60. The van der Waals surface area contributed by atoms with Crippen molar-refractivity contribution in [1.82, 2.24) is 15.2 Å². The Balaban J connectivity index is 1.65. The molecule has 1 aromatic heterocycles. The first kappa shape index (κ1) is 14.4. The zero-order valence-corrected chi connectivity index (χ0v) is 13.1. The fourth-order valence-corrected chi connectivity index (χ4v) is 3.76. The van der Waals surface area contributed by atoms with Crippen LogP contribution in [0.4, 0.5) is 10.3 Å². The number of fused-ring (bicyclic) bond motifs is 2. The van der Waals surface area contributed by atoms with Crippen LogP contribution in [0.3, 0.4) is 0 Å². The van der Waals surface area contributed by atoms with Crippen molar-refractivity contribution in [3.8, 4) is 17.0 Å². The molecule has 2 fully saturated rings. The molecule has 2 heterocycles. The maximum absolute atomic E-state index is 13.9. The molecule has 0 amide bonds. The molecule has 4 rings (SSSR count). The smallest absolute Gasteiger partial charge is 0.246 e. The van der Waals surface area contributed by atoms with E-state index in [0.717, 1.165) is 12.5 Å². The Morgan fingerprint density at radius 3 is 3.00 bits per heavy atom. The van der Waals surface area contributed by atoms with Crippen LogP contribution >= 0.6 is 0 Å². The van der Waals surface area contributed by atoms with Crippen LogP contribution in [0.2, 0.25) is 0 Å². The van der Waals surface area contributed by atoms with E-state index in [1.807, 2.05) is 0 Å². The van der Waals surface area contributed by atoms with Crippen LogP contribution in [0.15, 0.2) is 24.4 Å². The summed E-state index contributed by atoms with van der Waals surface area (Å²) < 4.78 is 18.9. The number of halogens is 1. The second kappa shape index (κ2) is 5.76. The molecule has 0 spiro atoms. The Hall–Kier alpha value is -2.24. The molecular formula is C17H19FN4O. The minimum absolute atomic E-state index is 0.226. The highest BCUT2D eigenvalue weighted by atomic mass is 19.1. The number of anilines is 1. The van der Waals surface area contributed by atoms with Crippen molar-refractivity contribution in [2.45, 2.75) is 31.7 Å². The number of hydrogen-bond acceptors (Lipinski definition) is 5. The van der Waals surface area contributed by atoms with Crippen molar-refractivity contribution < 1.29 is 9.13 Å². The second-order valence-electron chi connectivity index (χ2n) is 6.33. The van der Waals surface area contributed by atoms with E-state index in [1.54, 1.807) is 18.3 Å². The summed E-state index contributed by atoms with van der Waals surface area (Å²) in [6.07, 6.45) is 6.57. The summed E-state index contributed by atoms with van der Waals surface area (Å²) >= 11 is 0. The summed E-state index contributed by atoms with van der Waals surface area (Å²) in [6.45, 7) is 1.01. The SMILES string of the molecule is COc1ccc(-c2cnnc(N3C[C@@H]4CCC[C@H]3C4)n2)cc1F. The topological polar surface area (TPSA) is 51.1 Å². The van der Waals surface area contributed by atoms with Gasteiger partial charge in [0.2, 0.25) is 5.95 Å². The van der Waals surface area contributed by atoms with E-state index >= 15 is 0 Å². The van der Waals surface area contributed by atoms with Gasteiger partial charge in [-0.1, -0.05) is 6.42 Å². The molecule has 120 valence electrons. The maximum atomic E-state index is 13.9. The van der Waals surface area contributed by atoms with Crippen LogP contribution in [0.5, 0.6) is 5.75 Å². The van der Waals surface area contributed by atoms with Gasteiger partial charge >= 0.3 is 0 Å². The Bertz CT molecular complexity index is 723. The Kier molecular flexibility index (Phi) is 3.59. The molecule has 1 aliphatic heterocycles. The van der Waals surface area contributed by atoms with Crippen molar-refractivity contribution >= 4 is 5.95 Å². The van der Waals surface area contributed by atoms with Crippen molar-refractivity contribution in [2.75, 3.05) is 18.6 Å². The zero-order chi connectivity index (χ0) is 15.8. The van der Waals surface area contributed by atoms with Gasteiger partial charge in [0.25, 0.3) is 0 Å². The molecule has 6 heteroatoms. The minimum Gasteiger partial charge on any atom is -0.494 e. The standard InChI is InChI=1S/C17H19FN4O/c1-23-16-6-5-12(8-14(16)18)15-9-19-21-17(20-15)22-10-11-3-2-4-13(22)7-11/h5-6,8-9,11,13H,2-4,7,10H2,1H3/t11-,13+/m1/s1. The van der Waals surface area contributed by atoms with Crippen LogP contribution in [-0.2, 0) is 0 Å². The van der Waals surface area contributed by atoms with Crippen molar-refractivity contribution in [1.29, 1.82) is 0 Å². The number of benzene rings is 1. The van der Waals surface area contributed by atoms with Crippen LogP contribution < -0.4 is 9.64 Å². The van der Waals surface area contributed by atoms with Crippen molar-refractivity contribution in [2.24, 2.45) is 5.92 Å². The first-order chi connectivity index (χ1) is 11.2. The van der Waals surface area contributed by atoms with Crippen LogP contribution in [0.1, 0.15) is 25.7 Å². The highest BCUT2D eigenvalue weighted by Crippen LogP contribution is 2.37. The molecule has 1 aromatic carbocycles. The molecule has 2 bridgehead atoms. The molecule has 1 saturated carbocycles. The lowest BCUT2D eigenvalue weighted by Crippen LogP contribution is -2.30. The van der Waals surface area contributed by atoms with E-state index in [1.165, 1.54) is 38.9 Å². The summed E-state index contributed by atoms with van der Waals surface area (Å²) in [4.78, 5) is 6.90. The van der Waals surface area contributed by atoms with Crippen LogP contribution in [0.25, 0.3) is 11.3 Å². The monoisotopic (exact) mass is 314 g/mol. The number of rotatable bonds is 3. The number of aromatic nitrogens is 3. The van der Waals surface area contributed by atoms with Gasteiger partial charge in [0.15, 0.2) is 11.6 Å². The first-order valence-electron chi connectivity index (χ1n) is 8.05. The molecule has 23 heavy (non-hydrogen) atoms. The summed E-state index contributed by atoms with van der Waals surface area (Å²) in [5.41, 5.74) is 1.32. The number of ether oxygens (including phenoxy) is 1. The van der Waals surface area contributed by atoms with Gasteiger partial charge in [-0.2, -0.15) is 5.10 Å². The summed E-state index contributed by atoms with van der Waals surface area (Å²) in [5.74, 6) is 1.24. The van der Waals surface area contributed by atoms with Gasteiger partial charge in [0.1, 0.15) is 0 Å². The van der Waals surface area contributed by atoms with Gasteiger partial charge in [-0.05, 0) is 43.4 Å². The van der Waals surface area contributed by atoms with E-state index in [4.69, 9.17) is 4.74 Å². The third-order valence-electron chi connectivity index (χ3n) is 4.90. The van der Waals surface area contributed by atoms with Gasteiger partial charge in [0, 0.05) is 18.2 Å². The van der Waals surface area contributed by atoms with Gasteiger partial charge in [0.05, 0.1) is 19.0 Å². The lowest BCUT2D eigenvalue weighted by atomic mass is 9.91. The van der Waals surface area contributed by atoms with E-state index in [9.17, 15) is 4.39 Å². The molecule has 1 saturated heterocycles. The third-order valence-corrected chi connectivity index (χ3v) is 4.90. The van der Waals surface area contributed by atoms with E-state index in [-0.39, 0.29) is 5.75 Å². The Labute approximate surface area is 134 Å². The van der Waals surface area contributed by atoms with Gasteiger partial charge in [-0.3, -0.25) is 0 Å². The third kappa shape index (κ3) is 2.62. The molecule has 1 aliphatic carbocycles. The minimum atomic E-state index is -0.401. The Morgan fingerprint density at radius 1 is 1.30 bits per heavy atom. The second-order valence-corrected chi connectivity index (χ2v) is 6.33. The molecule has 2 aromatic rings. The van der Waals surface area contributed by atoms with Gasteiger partial charge < -0.3 is 9.64 Å². The van der Waals surface area contributed by atoms with E-state index < -0.39 is 5.82 Å². The molecule has 0 unspecified atom stereocenters. The van der Waals surface area contributed by atoms with Crippen LogP contribution in [0, 0.1) is 11.7 Å². The normalized spacial score (nSPS) is 23.1. The lowest BCUT2D eigenvalue weighted by molar-refractivity contribution is 0.386. The quantitative estimate of drug-likeness (QED) is 0.871. The van der Waals surface area contributed by atoms with Gasteiger partial charge in [-0.25, -0.2) is 9.37 Å². The zero-order valence-electron chi connectivity index (χ0n) is 13.1. The fraction of sp³-hybridized carbons (Fsp3) is 0.471. The maximum Gasteiger partial charge on any atom is 0.246 e.